The molecule has 1 aromatic heterocycles. The van der Waals surface area contributed by atoms with Crippen molar-refractivity contribution < 1.29 is 32.2 Å². The first kappa shape index (κ1) is 31.4. The van der Waals surface area contributed by atoms with Gasteiger partial charge in [0.2, 0.25) is 0 Å². The smallest absolute Gasteiger partial charge is 0.420 e. The van der Waals surface area contributed by atoms with Crippen molar-refractivity contribution in [1.29, 1.82) is 0 Å². The zero-order valence-electron chi connectivity index (χ0n) is 27.1. The summed E-state index contributed by atoms with van der Waals surface area (Å²) >= 11 is 0. The van der Waals surface area contributed by atoms with Crippen molar-refractivity contribution >= 4 is 39.3 Å². The van der Waals surface area contributed by atoms with Gasteiger partial charge in [-0.1, -0.05) is 6.07 Å². The quantitative estimate of drug-likeness (QED) is 0.426. The van der Waals surface area contributed by atoms with Gasteiger partial charge in [-0.15, -0.1) is 0 Å². The van der Waals surface area contributed by atoms with E-state index in [4.69, 9.17) is 14.2 Å². The fourth-order valence-electron chi connectivity index (χ4n) is 5.99. The minimum atomic E-state index is -3.12. The third kappa shape index (κ3) is 6.54. The van der Waals surface area contributed by atoms with Crippen molar-refractivity contribution in [3.05, 3.63) is 35.2 Å². The van der Waals surface area contributed by atoms with E-state index >= 15 is 0 Å². The Bertz CT molecular complexity index is 1610. The van der Waals surface area contributed by atoms with E-state index in [1.54, 1.807) is 4.90 Å². The summed E-state index contributed by atoms with van der Waals surface area (Å²) in [5.74, 6) is 1.88. The molecule has 0 bridgehead atoms. The molecular formula is C32H43N5O7S. The fraction of sp³-hybridized carbons (Fsp3) is 0.625. The van der Waals surface area contributed by atoms with Crippen LogP contribution in [0.15, 0.2) is 18.5 Å². The van der Waals surface area contributed by atoms with Crippen molar-refractivity contribution in [1.82, 2.24) is 14.9 Å². The summed E-state index contributed by atoms with van der Waals surface area (Å²) in [6.45, 7) is 14.5. The molecule has 244 valence electrons. The summed E-state index contributed by atoms with van der Waals surface area (Å²) in [5, 5.41) is 0. The van der Waals surface area contributed by atoms with Crippen LogP contribution in [0.2, 0.25) is 0 Å². The second kappa shape index (κ2) is 11.0. The minimum Gasteiger partial charge on any atom is -0.483 e. The number of carbonyl (C=O) groups excluding carboxylic acids is 2. The highest BCUT2D eigenvalue weighted by atomic mass is 32.2. The highest BCUT2D eigenvalue weighted by Crippen LogP contribution is 2.54. The number of sulfone groups is 1. The first-order valence-corrected chi connectivity index (χ1v) is 17.5. The minimum absolute atomic E-state index is 0.0217. The molecule has 13 heteroatoms. The van der Waals surface area contributed by atoms with Gasteiger partial charge in [-0.2, -0.15) is 0 Å². The van der Waals surface area contributed by atoms with Crippen molar-refractivity contribution in [2.75, 3.05) is 47.5 Å². The number of nitrogens with zero attached hydrogens (tertiary/aromatic N) is 5. The summed E-state index contributed by atoms with van der Waals surface area (Å²) in [5.41, 5.74) is 1.79. The lowest BCUT2D eigenvalue weighted by Gasteiger charge is -2.40. The summed E-state index contributed by atoms with van der Waals surface area (Å²) in [6.07, 6.45) is 1.94. The number of anilines is 3. The molecule has 4 heterocycles. The highest BCUT2D eigenvalue weighted by Gasteiger charge is 2.42. The average Bonchev–Trinajstić information content (AvgIpc) is 3.73. The number of carbonyl (C=O) groups is 2. The Morgan fingerprint density at radius 3 is 2.09 bits per heavy atom. The Labute approximate surface area is 265 Å². The van der Waals surface area contributed by atoms with Gasteiger partial charge in [-0.3, -0.25) is 0 Å². The number of hydrogen-bond donors (Lipinski definition) is 0. The largest absolute Gasteiger partial charge is 0.483 e. The molecule has 3 aliphatic heterocycles. The number of rotatable bonds is 3. The molecule has 45 heavy (non-hydrogen) atoms. The van der Waals surface area contributed by atoms with Crippen LogP contribution in [0.1, 0.15) is 95.9 Å². The maximum absolute atomic E-state index is 14.1. The molecular weight excluding hydrogens is 598 g/mol. The zero-order chi connectivity index (χ0) is 32.5. The van der Waals surface area contributed by atoms with Gasteiger partial charge in [0.15, 0.2) is 15.7 Å². The van der Waals surface area contributed by atoms with E-state index in [0.29, 0.717) is 41.7 Å². The van der Waals surface area contributed by atoms with Gasteiger partial charge >= 0.3 is 12.2 Å². The number of hydrogen-bond acceptors (Lipinski definition) is 10. The highest BCUT2D eigenvalue weighted by molar-refractivity contribution is 7.91. The molecule has 2 saturated heterocycles. The number of ether oxygens (including phenoxy) is 3. The number of fused-ring (bicyclic) bond motifs is 2. The Kier molecular flexibility index (Phi) is 7.69. The standard InChI is InChI=1S/C32H43N5O7S/c1-19-25-27(35-10-12-45(40,41)13-11-35)33-18-34-28(25)37(30(39)44-32(5,6)7)24-15-21(14-23(20-8-9-20)26(24)42-19)22-16-36(17-22)29(38)43-31(2,3)4/h14-15,18-20,22H,8-13,16-17H2,1-7H3. The fourth-order valence-corrected chi connectivity index (χ4v) is 7.19. The molecule has 2 aromatic rings. The monoisotopic (exact) mass is 641 g/mol. The van der Waals surface area contributed by atoms with Gasteiger partial charge in [-0.25, -0.2) is 32.9 Å². The van der Waals surface area contributed by atoms with E-state index in [1.165, 1.54) is 11.2 Å². The Morgan fingerprint density at radius 2 is 1.49 bits per heavy atom. The average molecular weight is 642 g/mol. The predicted octanol–water partition coefficient (Wildman–Crippen LogP) is 5.45. The topological polar surface area (TPSA) is 131 Å². The molecule has 0 N–H and O–H groups in total. The first-order chi connectivity index (χ1) is 21.0. The van der Waals surface area contributed by atoms with Gasteiger partial charge < -0.3 is 24.0 Å². The molecule has 12 nitrogen and oxygen atoms in total. The molecule has 2 amide bonds. The van der Waals surface area contributed by atoms with Gasteiger partial charge in [0.25, 0.3) is 0 Å². The molecule has 1 unspecified atom stereocenters. The van der Waals surface area contributed by atoms with Crippen LogP contribution in [-0.4, -0.2) is 84.4 Å². The Morgan fingerprint density at radius 1 is 0.889 bits per heavy atom. The van der Waals surface area contributed by atoms with Gasteiger partial charge in [0.1, 0.15) is 35.2 Å². The second-order valence-electron chi connectivity index (χ2n) is 14.5. The predicted molar refractivity (Wildman–Crippen MR) is 169 cm³/mol. The van der Waals surface area contributed by atoms with Crippen LogP contribution in [0, 0.1) is 0 Å². The Balaban J connectivity index is 1.44. The first-order valence-electron chi connectivity index (χ1n) is 15.7. The summed E-state index contributed by atoms with van der Waals surface area (Å²) in [4.78, 5) is 41.2. The van der Waals surface area contributed by atoms with Crippen LogP contribution in [0.25, 0.3) is 0 Å². The normalized spacial score (nSPS) is 21.6. The van der Waals surface area contributed by atoms with E-state index < -0.39 is 33.2 Å². The summed E-state index contributed by atoms with van der Waals surface area (Å²) in [7, 11) is -3.12. The molecule has 0 spiro atoms. The molecule has 1 atom stereocenters. The second-order valence-corrected chi connectivity index (χ2v) is 16.8. The van der Waals surface area contributed by atoms with Crippen molar-refractivity contribution in [3.8, 4) is 5.75 Å². The molecule has 1 aliphatic carbocycles. The lowest BCUT2D eigenvalue weighted by molar-refractivity contribution is 0.00817. The lowest BCUT2D eigenvalue weighted by atomic mass is 9.89. The number of amides is 2. The van der Waals surface area contributed by atoms with E-state index in [0.717, 1.165) is 24.0 Å². The molecule has 1 aromatic carbocycles. The molecule has 6 rings (SSSR count). The molecule has 3 fully saturated rings. The summed E-state index contributed by atoms with van der Waals surface area (Å²) < 4.78 is 42.7. The Hall–Kier alpha value is -3.61. The molecule has 0 radical (unpaired) electrons. The van der Waals surface area contributed by atoms with Crippen LogP contribution in [0.3, 0.4) is 0 Å². The van der Waals surface area contributed by atoms with Crippen LogP contribution >= 0.6 is 0 Å². The van der Waals surface area contributed by atoms with E-state index in [-0.39, 0.29) is 42.5 Å². The maximum Gasteiger partial charge on any atom is 0.420 e. The lowest BCUT2D eigenvalue weighted by Crippen LogP contribution is -2.50. The van der Waals surface area contributed by atoms with Crippen molar-refractivity contribution in [2.24, 2.45) is 0 Å². The van der Waals surface area contributed by atoms with Crippen molar-refractivity contribution in [2.45, 2.75) is 90.4 Å². The maximum atomic E-state index is 14.1. The molecule has 4 aliphatic rings. The zero-order valence-corrected chi connectivity index (χ0v) is 27.9. The third-order valence-corrected chi connectivity index (χ3v) is 9.97. The van der Waals surface area contributed by atoms with E-state index in [9.17, 15) is 18.0 Å². The SMILES string of the molecule is CC1Oc2c(C3CC3)cc(C3CN(C(=O)OC(C)(C)C)C3)cc2N(C(=O)OC(C)(C)C)c2ncnc(N3CCS(=O)(=O)CC3)c21. The number of benzene rings is 1. The van der Waals surface area contributed by atoms with E-state index in [1.807, 2.05) is 59.4 Å². The number of aromatic nitrogens is 2. The van der Waals surface area contributed by atoms with Crippen LogP contribution in [0.4, 0.5) is 26.9 Å². The van der Waals surface area contributed by atoms with Crippen LogP contribution in [-0.2, 0) is 19.3 Å². The van der Waals surface area contributed by atoms with Gasteiger partial charge in [0.05, 0.1) is 22.8 Å². The number of likely N-dealkylation sites (tertiary alicyclic amines) is 1. The van der Waals surface area contributed by atoms with Crippen LogP contribution < -0.4 is 14.5 Å². The van der Waals surface area contributed by atoms with E-state index in [2.05, 4.69) is 16.0 Å². The van der Waals surface area contributed by atoms with Gasteiger partial charge in [-0.05, 0) is 84.4 Å². The molecule has 1 saturated carbocycles. The van der Waals surface area contributed by atoms with Crippen molar-refractivity contribution in [3.63, 3.8) is 0 Å². The summed E-state index contributed by atoms with van der Waals surface area (Å²) in [6, 6.07) is 4.12. The van der Waals surface area contributed by atoms with Gasteiger partial charge in [0, 0.05) is 32.1 Å². The van der Waals surface area contributed by atoms with Crippen LogP contribution in [0.5, 0.6) is 5.75 Å². The third-order valence-electron chi connectivity index (χ3n) is 8.36.